The van der Waals surface area contributed by atoms with Crippen LogP contribution in [0.3, 0.4) is 0 Å². The summed E-state index contributed by atoms with van der Waals surface area (Å²) in [7, 11) is 0. The van der Waals surface area contributed by atoms with Crippen LogP contribution in [-0.4, -0.2) is 41.5 Å². The van der Waals surface area contributed by atoms with Gasteiger partial charge in [-0.25, -0.2) is 9.37 Å². The van der Waals surface area contributed by atoms with Gasteiger partial charge in [-0.2, -0.15) is 0 Å². The average Bonchev–Trinajstić information content (AvgIpc) is 3.07. The number of benzene rings is 1. The Morgan fingerprint density at radius 1 is 1.29 bits per heavy atom. The minimum atomic E-state index is -0.283. The molecule has 1 aromatic heterocycles. The van der Waals surface area contributed by atoms with E-state index in [-0.39, 0.29) is 23.7 Å². The highest BCUT2D eigenvalue weighted by Crippen LogP contribution is 2.29. The molecular formula is C17H18FN3O2S. The number of nitrogens with one attached hydrogen (secondary N) is 1. The van der Waals surface area contributed by atoms with E-state index in [4.69, 9.17) is 4.42 Å². The highest BCUT2D eigenvalue weighted by atomic mass is 32.2. The Kier molecular flexibility index (Phi) is 4.28. The molecule has 24 heavy (non-hydrogen) atoms. The molecule has 1 atom stereocenters. The number of oxazole rings is 1. The third-order valence-corrected chi connectivity index (χ3v) is 5.58. The Bertz CT molecular complexity index is 726. The van der Waals surface area contributed by atoms with Crippen molar-refractivity contribution in [1.82, 2.24) is 15.2 Å². The number of hydrogen-bond acceptors (Lipinski definition) is 5. The molecule has 3 aliphatic heterocycles. The molecule has 3 fully saturated rings. The van der Waals surface area contributed by atoms with Crippen LogP contribution in [0.4, 0.5) is 4.39 Å². The van der Waals surface area contributed by atoms with Gasteiger partial charge in [-0.3, -0.25) is 4.79 Å². The van der Waals surface area contributed by atoms with Gasteiger partial charge in [0.05, 0.1) is 6.20 Å². The van der Waals surface area contributed by atoms with Crippen LogP contribution in [0, 0.1) is 11.7 Å². The third-order valence-electron chi connectivity index (χ3n) is 4.68. The van der Waals surface area contributed by atoms with Crippen LogP contribution in [0.25, 0.3) is 0 Å². The van der Waals surface area contributed by atoms with Gasteiger partial charge in [-0.1, -0.05) is 11.8 Å². The van der Waals surface area contributed by atoms with Crippen LogP contribution in [0.5, 0.6) is 0 Å². The summed E-state index contributed by atoms with van der Waals surface area (Å²) in [5.41, 5.74) is 0. The highest BCUT2D eigenvalue weighted by molar-refractivity contribution is 7.99. The molecular weight excluding hydrogens is 329 g/mol. The van der Waals surface area contributed by atoms with Crippen molar-refractivity contribution in [2.45, 2.75) is 28.9 Å². The summed E-state index contributed by atoms with van der Waals surface area (Å²) in [4.78, 5) is 19.6. The highest BCUT2D eigenvalue weighted by Gasteiger charge is 2.35. The van der Waals surface area contributed by atoms with E-state index in [1.807, 2.05) is 0 Å². The van der Waals surface area contributed by atoms with Gasteiger partial charge in [-0.05, 0) is 56.1 Å². The number of piperidine rings is 3. The molecule has 126 valence electrons. The number of hydrogen-bond donors (Lipinski definition) is 1. The molecule has 7 heteroatoms. The number of fused-ring (bicyclic) bond motifs is 3. The van der Waals surface area contributed by atoms with Crippen molar-refractivity contribution >= 4 is 17.7 Å². The molecule has 5 nitrogen and oxygen atoms in total. The molecule has 4 heterocycles. The summed E-state index contributed by atoms with van der Waals surface area (Å²) in [6, 6.07) is 6.28. The Labute approximate surface area is 143 Å². The SMILES string of the molecule is O=C(NC1CN2CCC1CC2)c1ncc(Sc2ccc(F)cc2)o1. The Morgan fingerprint density at radius 3 is 2.71 bits per heavy atom. The molecule has 1 unspecified atom stereocenters. The lowest BCUT2D eigenvalue weighted by atomic mass is 9.84. The number of rotatable bonds is 4. The minimum absolute atomic E-state index is 0.0797. The Hall–Kier alpha value is -1.86. The van der Waals surface area contributed by atoms with Gasteiger partial charge in [0, 0.05) is 17.5 Å². The van der Waals surface area contributed by atoms with Crippen molar-refractivity contribution < 1.29 is 13.6 Å². The summed E-state index contributed by atoms with van der Waals surface area (Å²) in [5.74, 6) is 0.0900. The van der Waals surface area contributed by atoms with Gasteiger partial charge in [0.25, 0.3) is 5.89 Å². The van der Waals surface area contributed by atoms with E-state index in [0.717, 1.165) is 37.4 Å². The monoisotopic (exact) mass is 347 g/mol. The van der Waals surface area contributed by atoms with Crippen molar-refractivity contribution in [2.24, 2.45) is 5.92 Å². The Morgan fingerprint density at radius 2 is 2.04 bits per heavy atom. The van der Waals surface area contributed by atoms with Gasteiger partial charge in [0.15, 0.2) is 5.09 Å². The first kappa shape index (κ1) is 15.7. The van der Waals surface area contributed by atoms with Crippen molar-refractivity contribution in [3.63, 3.8) is 0 Å². The van der Waals surface area contributed by atoms with Crippen LogP contribution in [-0.2, 0) is 0 Å². The van der Waals surface area contributed by atoms with Crippen LogP contribution in [0.1, 0.15) is 23.5 Å². The van der Waals surface area contributed by atoms with Gasteiger partial charge < -0.3 is 14.6 Å². The van der Waals surface area contributed by atoms with Crippen molar-refractivity contribution in [2.75, 3.05) is 19.6 Å². The fraction of sp³-hybridized carbons (Fsp3) is 0.412. The second-order valence-electron chi connectivity index (χ2n) is 6.26. The smallest absolute Gasteiger partial charge is 0.307 e. The lowest BCUT2D eigenvalue weighted by Gasteiger charge is -2.44. The number of carbonyl (C=O) groups is 1. The zero-order chi connectivity index (χ0) is 16.5. The lowest BCUT2D eigenvalue weighted by Crippen LogP contribution is -2.57. The molecule has 1 amide bonds. The zero-order valence-corrected chi connectivity index (χ0v) is 13.9. The van der Waals surface area contributed by atoms with E-state index in [1.165, 1.54) is 30.1 Å². The van der Waals surface area contributed by atoms with Crippen molar-refractivity contribution in [1.29, 1.82) is 0 Å². The molecule has 1 N–H and O–H groups in total. The van der Waals surface area contributed by atoms with E-state index in [2.05, 4.69) is 15.2 Å². The van der Waals surface area contributed by atoms with Crippen LogP contribution >= 0.6 is 11.8 Å². The topological polar surface area (TPSA) is 58.4 Å². The molecule has 2 aromatic rings. The van der Waals surface area contributed by atoms with Crippen molar-refractivity contribution in [3.05, 3.63) is 42.2 Å². The molecule has 2 bridgehead atoms. The maximum absolute atomic E-state index is 12.9. The first-order valence-corrected chi connectivity index (χ1v) is 8.91. The van der Waals surface area contributed by atoms with E-state index < -0.39 is 0 Å². The van der Waals surface area contributed by atoms with Gasteiger partial charge in [-0.15, -0.1) is 0 Å². The standard InChI is InChI=1S/C17H18FN3O2S/c18-12-1-3-13(4-2-12)24-15-9-19-17(23-15)16(22)20-14-10-21-7-5-11(14)6-8-21/h1-4,9,11,14H,5-8,10H2,(H,20,22). The normalized spacial score (nSPS) is 25.6. The summed E-state index contributed by atoms with van der Waals surface area (Å²) in [5, 5.41) is 3.57. The molecule has 0 saturated carbocycles. The maximum Gasteiger partial charge on any atom is 0.307 e. The minimum Gasteiger partial charge on any atom is -0.425 e. The number of halogens is 1. The fourth-order valence-corrected chi connectivity index (χ4v) is 4.12. The van der Waals surface area contributed by atoms with E-state index in [9.17, 15) is 9.18 Å². The fourth-order valence-electron chi connectivity index (χ4n) is 3.39. The van der Waals surface area contributed by atoms with Crippen molar-refractivity contribution in [3.8, 4) is 0 Å². The van der Waals surface area contributed by atoms with E-state index >= 15 is 0 Å². The second-order valence-corrected chi connectivity index (χ2v) is 7.34. The molecule has 0 aliphatic carbocycles. The summed E-state index contributed by atoms with van der Waals surface area (Å²) >= 11 is 1.31. The predicted octanol–water partition coefficient (Wildman–Crippen LogP) is 2.79. The average molecular weight is 347 g/mol. The number of carbonyl (C=O) groups excluding carboxylic acids is 1. The molecule has 5 rings (SSSR count). The maximum atomic E-state index is 12.9. The molecule has 1 aromatic carbocycles. The van der Waals surface area contributed by atoms with E-state index in [1.54, 1.807) is 12.1 Å². The molecule has 3 saturated heterocycles. The molecule has 0 radical (unpaired) electrons. The van der Waals surface area contributed by atoms with Crippen LogP contribution in [0.2, 0.25) is 0 Å². The first-order chi connectivity index (χ1) is 11.7. The predicted molar refractivity (Wildman–Crippen MR) is 87.4 cm³/mol. The molecule has 0 spiro atoms. The first-order valence-electron chi connectivity index (χ1n) is 8.10. The summed E-state index contributed by atoms with van der Waals surface area (Å²) in [6.45, 7) is 3.18. The van der Waals surface area contributed by atoms with Gasteiger partial charge >= 0.3 is 5.91 Å². The van der Waals surface area contributed by atoms with E-state index in [0.29, 0.717) is 11.0 Å². The summed E-state index contributed by atoms with van der Waals surface area (Å²) < 4.78 is 18.5. The largest absolute Gasteiger partial charge is 0.425 e. The number of amides is 1. The number of nitrogens with zero attached hydrogens (tertiary/aromatic N) is 2. The van der Waals surface area contributed by atoms with Crippen LogP contribution in [0.15, 0.2) is 44.9 Å². The molecule has 3 aliphatic rings. The zero-order valence-electron chi connectivity index (χ0n) is 13.1. The van der Waals surface area contributed by atoms with Gasteiger partial charge in [0.2, 0.25) is 0 Å². The Balaban J connectivity index is 1.39. The van der Waals surface area contributed by atoms with Crippen LogP contribution < -0.4 is 5.32 Å². The third kappa shape index (κ3) is 3.32. The summed E-state index contributed by atoms with van der Waals surface area (Å²) in [6.07, 6.45) is 3.81. The van der Waals surface area contributed by atoms with Gasteiger partial charge in [0.1, 0.15) is 5.82 Å². The quantitative estimate of drug-likeness (QED) is 0.922. The second kappa shape index (κ2) is 6.57. The lowest BCUT2D eigenvalue weighted by molar-refractivity contribution is 0.0599. The number of aromatic nitrogens is 1.